The number of nitrogens with two attached hydrogens (primary N) is 1. The largest absolute Gasteiger partial charge is 0.462 e. The summed E-state index contributed by atoms with van der Waals surface area (Å²) in [6, 6.07) is 1.58. The highest BCUT2D eigenvalue weighted by Crippen LogP contribution is 2.15. The Labute approximate surface area is 98.1 Å². The number of imidazole rings is 1. The third kappa shape index (κ3) is 2.25. The highest BCUT2D eigenvalue weighted by atomic mass is 16.5. The SMILES string of the molecule is CCOC(=O)c1cc(-n2ccnc2)ncc1N. The Morgan fingerprint density at radius 2 is 2.41 bits per heavy atom. The number of aromatic nitrogens is 3. The van der Waals surface area contributed by atoms with Gasteiger partial charge in [0.2, 0.25) is 0 Å². The number of hydrogen-bond acceptors (Lipinski definition) is 5. The molecule has 0 aliphatic heterocycles. The topological polar surface area (TPSA) is 83.0 Å². The predicted molar refractivity (Wildman–Crippen MR) is 61.7 cm³/mol. The normalized spacial score (nSPS) is 10.2. The van der Waals surface area contributed by atoms with Crippen molar-refractivity contribution >= 4 is 11.7 Å². The molecule has 0 fully saturated rings. The molecule has 2 heterocycles. The zero-order chi connectivity index (χ0) is 12.3. The average molecular weight is 232 g/mol. The minimum Gasteiger partial charge on any atom is -0.462 e. The summed E-state index contributed by atoms with van der Waals surface area (Å²) >= 11 is 0. The van der Waals surface area contributed by atoms with Crippen LogP contribution in [-0.2, 0) is 4.74 Å². The lowest BCUT2D eigenvalue weighted by Crippen LogP contribution is -2.10. The molecule has 17 heavy (non-hydrogen) atoms. The van der Waals surface area contributed by atoms with E-state index in [1.807, 2.05) is 0 Å². The van der Waals surface area contributed by atoms with Crippen molar-refractivity contribution in [1.82, 2.24) is 14.5 Å². The van der Waals surface area contributed by atoms with Crippen molar-refractivity contribution in [2.24, 2.45) is 0 Å². The van der Waals surface area contributed by atoms with Gasteiger partial charge in [0.25, 0.3) is 0 Å². The molecular weight excluding hydrogens is 220 g/mol. The first-order valence-electron chi connectivity index (χ1n) is 5.13. The van der Waals surface area contributed by atoms with E-state index in [9.17, 15) is 4.79 Å². The zero-order valence-electron chi connectivity index (χ0n) is 9.33. The molecule has 2 N–H and O–H groups in total. The second-order valence-corrected chi connectivity index (χ2v) is 3.32. The number of esters is 1. The van der Waals surface area contributed by atoms with Gasteiger partial charge >= 0.3 is 5.97 Å². The minimum atomic E-state index is -0.450. The fourth-order valence-electron chi connectivity index (χ4n) is 1.38. The van der Waals surface area contributed by atoms with Crippen LogP contribution >= 0.6 is 0 Å². The standard InChI is InChI=1S/C11H12N4O2/c1-2-17-11(16)8-5-10(14-6-9(8)12)15-4-3-13-7-15/h3-7H,2,12H2,1H3. The first kappa shape index (κ1) is 11.1. The van der Waals surface area contributed by atoms with Crippen LogP contribution in [0.2, 0.25) is 0 Å². The van der Waals surface area contributed by atoms with E-state index in [1.54, 1.807) is 36.3 Å². The molecule has 88 valence electrons. The van der Waals surface area contributed by atoms with Crippen LogP contribution in [-0.4, -0.2) is 27.1 Å². The van der Waals surface area contributed by atoms with Gasteiger partial charge in [-0.2, -0.15) is 0 Å². The maximum absolute atomic E-state index is 11.6. The molecule has 2 rings (SSSR count). The first-order valence-corrected chi connectivity index (χ1v) is 5.13. The maximum atomic E-state index is 11.6. The maximum Gasteiger partial charge on any atom is 0.340 e. The molecule has 2 aromatic rings. The summed E-state index contributed by atoms with van der Waals surface area (Å²) < 4.78 is 6.59. The number of nitrogens with zero attached hydrogens (tertiary/aromatic N) is 3. The van der Waals surface area contributed by atoms with E-state index < -0.39 is 5.97 Å². The number of carbonyl (C=O) groups is 1. The molecule has 6 nitrogen and oxygen atoms in total. The molecule has 0 bridgehead atoms. The third-order valence-electron chi connectivity index (χ3n) is 2.18. The molecule has 0 atom stereocenters. The molecule has 6 heteroatoms. The fourth-order valence-corrected chi connectivity index (χ4v) is 1.38. The highest BCUT2D eigenvalue weighted by Gasteiger charge is 2.12. The van der Waals surface area contributed by atoms with Crippen LogP contribution in [0, 0.1) is 0 Å². The van der Waals surface area contributed by atoms with Crippen molar-refractivity contribution in [3.63, 3.8) is 0 Å². The van der Waals surface area contributed by atoms with Crippen molar-refractivity contribution in [2.45, 2.75) is 6.92 Å². The molecule has 0 aliphatic carbocycles. The predicted octanol–water partition coefficient (Wildman–Crippen LogP) is 1.03. The molecule has 0 spiro atoms. The van der Waals surface area contributed by atoms with Crippen molar-refractivity contribution in [1.29, 1.82) is 0 Å². The van der Waals surface area contributed by atoms with E-state index in [2.05, 4.69) is 9.97 Å². The second kappa shape index (κ2) is 4.65. The van der Waals surface area contributed by atoms with Crippen LogP contribution in [0.25, 0.3) is 5.82 Å². The number of hydrogen-bond donors (Lipinski definition) is 1. The van der Waals surface area contributed by atoms with E-state index in [1.165, 1.54) is 6.20 Å². The molecule has 0 aliphatic rings. The quantitative estimate of drug-likeness (QED) is 0.799. The van der Waals surface area contributed by atoms with Gasteiger partial charge in [0, 0.05) is 12.4 Å². The Kier molecular flexibility index (Phi) is 3.04. The summed E-state index contributed by atoms with van der Waals surface area (Å²) in [5.74, 6) is 0.119. The van der Waals surface area contributed by atoms with Gasteiger partial charge in [-0.1, -0.05) is 0 Å². The molecule has 0 saturated heterocycles. The smallest absolute Gasteiger partial charge is 0.340 e. The van der Waals surface area contributed by atoms with Crippen molar-refractivity contribution in [2.75, 3.05) is 12.3 Å². The molecule has 0 aromatic carbocycles. The van der Waals surface area contributed by atoms with Crippen molar-refractivity contribution < 1.29 is 9.53 Å². The minimum absolute atomic E-state index is 0.298. The third-order valence-corrected chi connectivity index (χ3v) is 2.18. The van der Waals surface area contributed by atoms with E-state index in [-0.39, 0.29) is 0 Å². The number of nitrogen functional groups attached to an aromatic ring is 1. The summed E-state index contributed by atoms with van der Waals surface area (Å²) in [7, 11) is 0. The number of pyridine rings is 1. The monoisotopic (exact) mass is 232 g/mol. The van der Waals surface area contributed by atoms with E-state index in [0.29, 0.717) is 23.7 Å². The molecule has 0 radical (unpaired) electrons. The zero-order valence-corrected chi connectivity index (χ0v) is 9.33. The first-order chi connectivity index (χ1) is 8.22. The van der Waals surface area contributed by atoms with Crippen LogP contribution in [0.4, 0.5) is 5.69 Å². The van der Waals surface area contributed by atoms with Gasteiger partial charge in [-0.25, -0.2) is 14.8 Å². The van der Waals surface area contributed by atoms with Crippen LogP contribution in [0.5, 0.6) is 0 Å². The molecule has 0 unspecified atom stereocenters. The lowest BCUT2D eigenvalue weighted by molar-refractivity contribution is 0.0527. The van der Waals surface area contributed by atoms with Crippen LogP contribution < -0.4 is 5.73 Å². The van der Waals surface area contributed by atoms with Gasteiger partial charge in [0.1, 0.15) is 12.1 Å². The van der Waals surface area contributed by atoms with Gasteiger partial charge in [0.15, 0.2) is 0 Å². The van der Waals surface area contributed by atoms with E-state index in [4.69, 9.17) is 10.5 Å². The Morgan fingerprint density at radius 3 is 3.06 bits per heavy atom. The van der Waals surface area contributed by atoms with Crippen molar-refractivity contribution in [3.8, 4) is 5.82 Å². The Bertz CT molecular complexity index is 522. The van der Waals surface area contributed by atoms with Gasteiger partial charge in [-0.15, -0.1) is 0 Å². The van der Waals surface area contributed by atoms with Crippen LogP contribution in [0.3, 0.4) is 0 Å². The molecule has 2 aromatic heterocycles. The summed E-state index contributed by atoms with van der Waals surface area (Å²) in [4.78, 5) is 19.7. The summed E-state index contributed by atoms with van der Waals surface area (Å²) in [6.45, 7) is 2.05. The van der Waals surface area contributed by atoms with E-state index >= 15 is 0 Å². The number of anilines is 1. The van der Waals surface area contributed by atoms with Gasteiger partial charge in [0.05, 0.1) is 24.1 Å². The summed E-state index contributed by atoms with van der Waals surface area (Å²) in [6.07, 6.45) is 6.38. The van der Waals surface area contributed by atoms with Gasteiger partial charge in [-0.3, -0.25) is 4.57 Å². The Morgan fingerprint density at radius 1 is 1.59 bits per heavy atom. The molecular formula is C11H12N4O2. The summed E-state index contributed by atoms with van der Waals surface area (Å²) in [5, 5.41) is 0. The second-order valence-electron chi connectivity index (χ2n) is 3.32. The Balaban J connectivity index is 2.39. The fraction of sp³-hybridized carbons (Fsp3) is 0.182. The number of rotatable bonds is 3. The average Bonchev–Trinajstić information content (AvgIpc) is 2.83. The van der Waals surface area contributed by atoms with Gasteiger partial charge in [-0.05, 0) is 13.0 Å². The lowest BCUT2D eigenvalue weighted by Gasteiger charge is -2.07. The van der Waals surface area contributed by atoms with E-state index in [0.717, 1.165) is 0 Å². The van der Waals surface area contributed by atoms with Crippen molar-refractivity contribution in [3.05, 3.63) is 36.5 Å². The number of ether oxygens (including phenoxy) is 1. The highest BCUT2D eigenvalue weighted by molar-refractivity contribution is 5.95. The molecule has 0 amide bonds. The van der Waals surface area contributed by atoms with Crippen LogP contribution in [0.15, 0.2) is 31.0 Å². The molecule has 0 saturated carbocycles. The Hall–Kier alpha value is -2.37. The summed E-state index contributed by atoms with van der Waals surface area (Å²) in [5.41, 5.74) is 6.29. The lowest BCUT2D eigenvalue weighted by atomic mass is 10.2. The van der Waals surface area contributed by atoms with Crippen LogP contribution in [0.1, 0.15) is 17.3 Å². The van der Waals surface area contributed by atoms with Gasteiger partial charge < -0.3 is 10.5 Å². The number of carbonyl (C=O) groups excluding carboxylic acids is 1.